The Balaban J connectivity index is 2.17. The lowest BCUT2D eigenvalue weighted by Gasteiger charge is -2.14. The van der Waals surface area contributed by atoms with E-state index in [1.807, 2.05) is 0 Å². The molecule has 0 atom stereocenters. The van der Waals surface area contributed by atoms with Crippen LogP contribution in [0.5, 0.6) is 0 Å². The van der Waals surface area contributed by atoms with Crippen LogP contribution in [0.15, 0.2) is 47.6 Å². The normalized spacial score (nSPS) is 22.0. The molecule has 0 aromatic carbocycles. The van der Waals surface area contributed by atoms with Gasteiger partial charge in [-0.25, -0.2) is 0 Å². The first kappa shape index (κ1) is 7.60. The summed E-state index contributed by atoms with van der Waals surface area (Å²) in [6.45, 7) is 0. The fraction of sp³-hybridized carbons (Fsp3) is 0.333. The molecule has 12 heavy (non-hydrogen) atoms. The summed E-state index contributed by atoms with van der Waals surface area (Å²) in [5, 5.41) is 0. The van der Waals surface area contributed by atoms with Gasteiger partial charge in [-0.2, -0.15) is 0 Å². The molecule has 0 aliphatic heterocycles. The Morgan fingerprint density at radius 1 is 0.750 bits per heavy atom. The average molecular weight is 158 g/mol. The van der Waals surface area contributed by atoms with E-state index in [9.17, 15) is 0 Å². The van der Waals surface area contributed by atoms with E-state index in [1.54, 1.807) is 11.1 Å². The van der Waals surface area contributed by atoms with Gasteiger partial charge in [0.1, 0.15) is 0 Å². The minimum Gasteiger partial charge on any atom is -0.0842 e. The summed E-state index contributed by atoms with van der Waals surface area (Å²) in [7, 11) is 0. The van der Waals surface area contributed by atoms with Crippen LogP contribution in [-0.2, 0) is 0 Å². The number of hydrogen-bond acceptors (Lipinski definition) is 0. The fourth-order valence-electron chi connectivity index (χ4n) is 1.74. The van der Waals surface area contributed by atoms with E-state index in [-0.39, 0.29) is 0 Å². The Morgan fingerprint density at radius 3 is 1.58 bits per heavy atom. The van der Waals surface area contributed by atoms with Crippen LogP contribution < -0.4 is 0 Å². The van der Waals surface area contributed by atoms with Gasteiger partial charge in [0.05, 0.1) is 0 Å². The topological polar surface area (TPSA) is 0 Å². The molecule has 0 nitrogen and oxygen atoms in total. The van der Waals surface area contributed by atoms with Crippen molar-refractivity contribution >= 4 is 0 Å². The van der Waals surface area contributed by atoms with Crippen LogP contribution in [0.2, 0.25) is 0 Å². The first-order chi connectivity index (χ1) is 5.97. The van der Waals surface area contributed by atoms with Crippen molar-refractivity contribution in [3.8, 4) is 0 Å². The molecular weight excluding hydrogens is 144 g/mol. The summed E-state index contributed by atoms with van der Waals surface area (Å²) < 4.78 is 0. The largest absolute Gasteiger partial charge is 0.0842 e. The Kier molecular flexibility index (Phi) is 2.26. The van der Waals surface area contributed by atoms with Crippen molar-refractivity contribution < 1.29 is 0 Å². The van der Waals surface area contributed by atoms with Gasteiger partial charge >= 0.3 is 0 Å². The number of rotatable bonds is 1. The Bertz CT molecular complexity index is 244. The monoisotopic (exact) mass is 158 g/mol. The summed E-state index contributed by atoms with van der Waals surface area (Å²) in [6, 6.07) is 0. The molecule has 62 valence electrons. The quantitative estimate of drug-likeness (QED) is 0.547. The molecule has 0 N–H and O–H groups in total. The lowest BCUT2D eigenvalue weighted by molar-refractivity contribution is 0.898. The molecule has 0 amide bonds. The van der Waals surface area contributed by atoms with E-state index < -0.39 is 0 Å². The van der Waals surface area contributed by atoms with Crippen LogP contribution in [0, 0.1) is 0 Å². The molecule has 2 aliphatic rings. The lowest BCUT2D eigenvalue weighted by atomic mass is 9.92. The molecule has 0 fully saturated rings. The second-order valence-electron chi connectivity index (χ2n) is 3.32. The molecule has 0 saturated carbocycles. The lowest BCUT2D eigenvalue weighted by Crippen LogP contribution is -1.94. The summed E-state index contributed by atoms with van der Waals surface area (Å²) in [4.78, 5) is 0. The third-order valence-electron chi connectivity index (χ3n) is 2.44. The highest BCUT2D eigenvalue weighted by Gasteiger charge is 2.06. The van der Waals surface area contributed by atoms with E-state index in [4.69, 9.17) is 0 Å². The first-order valence-electron chi connectivity index (χ1n) is 4.68. The number of hydrogen-bond donors (Lipinski definition) is 0. The Hall–Kier alpha value is -1.04. The summed E-state index contributed by atoms with van der Waals surface area (Å²) >= 11 is 0. The van der Waals surface area contributed by atoms with Crippen LogP contribution in [-0.4, -0.2) is 0 Å². The van der Waals surface area contributed by atoms with Crippen molar-refractivity contribution in [1.82, 2.24) is 0 Å². The van der Waals surface area contributed by atoms with E-state index in [0.29, 0.717) is 0 Å². The zero-order valence-corrected chi connectivity index (χ0v) is 7.29. The van der Waals surface area contributed by atoms with Crippen LogP contribution in [0.3, 0.4) is 0 Å². The first-order valence-corrected chi connectivity index (χ1v) is 4.68. The highest BCUT2D eigenvalue weighted by Crippen LogP contribution is 2.25. The van der Waals surface area contributed by atoms with Crippen LogP contribution >= 0.6 is 0 Å². The molecule has 0 radical (unpaired) electrons. The minimum atomic E-state index is 1.22. The van der Waals surface area contributed by atoms with Gasteiger partial charge in [0.15, 0.2) is 0 Å². The van der Waals surface area contributed by atoms with E-state index in [1.165, 1.54) is 25.7 Å². The summed E-state index contributed by atoms with van der Waals surface area (Å²) in [5.74, 6) is 0. The van der Waals surface area contributed by atoms with E-state index >= 15 is 0 Å². The molecule has 0 bridgehead atoms. The number of allylic oxidation sites excluding steroid dienone is 8. The molecule has 2 aliphatic carbocycles. The van der Waals surface area contributed by atoms with Gasteiger partial charge in [-0.1, -0.05) is 36.5 Å². The van der Waals surface area contributed by atoms with Crippen molar-refractivity contribution in [2.75, 3.05) is 0 Å². The fourth-order valence-corrected chi connectivity index (χ4v) is 1.74. The van der Waals surface area contributed by atoms with Gasteiger partial charge in [-0.3, -0.25) is 0 Å². The molecule has 0 aromatic heterocycles. The maximum atomic E-state index is 2.26. The molecule has 0 heterocycles. The van der Waals surface area contributed by atoms with Crippen molar-refractivity contribution in [3.63, 3.8) is 0 Å². The predicted molar refractivity (Wildman–Crippen MR) is 52.9 cm³/mol. The second kappa shape index (κ2) is 3.57. The third-order valence-corrected chi connectivity index (χ3v) is 2.44. The van der Waals surface area contributed by atoms with Crippen molar-refractivity contribution in [2.45, 2.75) is 25.7 Å². The van der Waals surface area contributed by atoms with Gasteiger partial charge in [-0.15, -0.1) is 0 Å². The van der Waals surface area contributed by atoms with Gasteiger partial charge in [-0.05, 0) is 36.8 Å². The van der Waals surface area contributed by atoms with E-state index in [2.05, 4.69) is 36.5 Å². The highest BCUT2D eigenvalue weighted by atomic mass is 14.1. The van der Waals surface area contributed by atoms with Gasteiger partial charge in [0.25, 0.3) is 0 Å². The molecule has 0 unspecified atom stereocenters. The highest BCUT2D eigenvalue weighted by molar-refractivity contribution is 5.39. The van der Waals surface area contributed by atoms with Gasteiger partial charge < -0.3 is 0 Å². The Labute approximate surface area is 74.0 Å². The molecular formula is C12H14. The standard InChI is InChI=1S/C12H14/c1-3-7-11(8-4-1)12-9-5-2-6-10-12/h1-3,5,7,9H,4,6,8,10H2. The van der Waals surface area contributed by atoms with Crippen LogP contribution in [0.25, 0.3) is 0 Å². The van der Waals surface area contributed by atoms with Gasteiger partial charge in [0, 0.05) is 0 Å². The third kappa shape index (κ3) is 1.58. The molecule has 0 aromatic rings. The van der Waals surface area contributed by atoms with E-state index in [0.717, 1.165) is 0 Å². The maximum Gasteiger partial charge on any atom is -0.0241 e. The predicted octanol–water partition coefficient (Wildman–Crippen LogP) is 3.54. The zero-order chi connectivity index (χ0) is 8.23. The minimum absolute atomic E-state index is 1.22. The second-order valence-corrected chi connectivity index (χ2v) is 3.32. The summed E-state index contributed by atoms with van der Waals surface area (Å²) in [6.07, 6.45) is 18.2. The van der Waals surface area contributed by atoms with Crippen LogP contribution in [0.1, 0.15) is 25.7 Å². The maximum absolute atomic E-state index is 2.26. The smallest absolute Gasteiger partial charge is 0.0241 e. The van der Waals surface area contributed by atoms with Crippen molar-refractivity contribution in [3.05, 3.63) is 47.6 Å². The average Bonchev–Trinajstić information content (AvgIpc) is 2.21. The molecule has 2 rings (SSSR count). The SMILES string of the molecule is C1=CCCC(C2=CC=CCC2)=C1. The Morgan fingerprint density at radius 2 is 1.25 bits per heavy atom. The summed E-state index contributed by atoms with van der Waals surface area (Å²) in [5.41, 5.74) is 3.09. The van der Waals surface area contributed by atoms with Gasteiger partial charge in [0.2, 0.25) is 0 Å². The van der Waals surface area contributed by atoms with Crippen LogP contribution in [0.4, 0.5) is 0 Å². The van der Waals surface area contributed by atoms with Crippen molar-refractivity contribution in [1.29, 1.82) is 0 Å². The molecule has 0 saturated heterocycles. The zero-order valence-electron chi connectivity index (χ0n) is 7.29. The molecule has 0 spiro atoms. The van der Waals surface area contributed by atoms with Crippen molar-refractivity contribution in [2.24, 2.45) is 0 Å². The molecule has 0 heteroatoms.